The number of hydrogen-bond acceptors (Lipinski definition) is 7. The number of aromatic nitrogens is 1. The quantitative estimate of drug-likeness (QED) is 0.473. The number of fused-ring (bicyclic) bond motifs is 1. The summed E-state index contributed by atoms with van der Waals surface area (Å²) in [6.07, 6.45) is 2.06. The fourth-order valence-electron chi connectivity index (χ4n) is 3.31. The number of methoxy groups -OCH3 is 2. The number of thioether (sulfide) groups is 1. The highest BCUT2D eigenvalue weighted by molar-refractivity contribution is 8.00. The highest BCUT2D eigenvalue weighted by atomic mass is 32.2. The van der Waals surface area contributed by atoms with Crippen LogP contribution in [0.3, 0.4) is 0 Å². The zero-order valence-corrected chi connectivity index (χ0v) is 18.6. The van der Waals surface area contributed by atoms with E-state index in [-0.39, 0.29) is 12.0 Å². The van der Waals surface area contributed by atoms with Crippen LogP contribution in [0.5, 0.6) is 11.5 Å². The molecule has 2 aromatic carbocycles. The number of anilines is 1. The molecule has 1 fully saturated rings. The van der Waals surface area contributed by atoms with Crippen LogP contribution < -0.4 is 14.4 Å². The summed E-state index contributed by atoms with van der Waals surface area (Å²) in [5.74, 6) is 1.94. The van der Waals surface area contributed by atoms with E-state index < -0.39 is 0 Å². The van der Waals surface area contributed by atoms with E-state index >= 15 is 0 Å². The molecule has 1 aromatic heterocycles. The monoisotopic (exact) mass is 444 g/mol. The number of rotatable bonds is 8. The van der Waals surface area contributed by atoms with Crippen molar-refractivity contribution in [2.24, 2.45) is 0 Å². The van der Waals surface area contributed by atoms with E-state index in [1.54, 1.807) is 19.1 Å². The highest BCUT2D eigenvalue weighted by Crippen LogP contribution is 2.33. The minimum absolute atomic E-state index is 0.0253. The van der Waals surface area contributed by atoms with Gasteiger partial charge in [0.15, 0.2) is 5.13 Å². The number of benzene rings is 2. The zero-order valence-electron chi connectivity index (χ0n) is 17.0. The van der Waals surface area contributed by atoms with E-state index in [2.05, 4.69) is 0 Å². The minimum Gasteiger partial charge on any atom is -0.497 e. The lowest BCUT2D eigenvalue weighted by Crippen LogP contribution is -2.38. The molecule has 2 heterocycles. The van der Waals surface area contributed by atoms with E-state index in [9.17, 15) is 4.79 Å². The van der Waals surface area contributed by atoms with Gasteiger partial charge < -0.3 is 14.2 Å². The lowest BCUT2D eigenvalue weighted by Gasteiger charge is -2.23. The first-order valence-electron chi connectivity index (χ1n) is 9.79. The SMILES string of the molecule is COc1ccc(SCC(=O)N(CC2CCCO2)c2nc3ccc(OC)cc3s2)cc1. The average Bonchev–Trinajstić information content (AvgIpc) is 3.45. The molecule has 1 aliphatic rings. The molecule has 30 heavy (non-hydrogen) atoms. The minimum atomic E-state index is 0.0253. The molecule has 4 rings (SSSR count). The van der Waals surface area contributed by atoms with Crippen LogP contribution in [0.15, 0.2) is 47.4 Å². The second-order valence-corrected chi connectivity index (χ2v) is 8.99. The van der Waals surface area contributed by atoms with Crippen molar-refractivity contribution in [1.29, 1.82) is 0 Å². The van der Waals surface area contributed by atoms with Gasteiger partial charge in [0.2, 0.25) is 5.91 Å². The van der Waals surface area contributed by atoms with E-state index in [1.165, 1.54) is 23.1 Å². The normalized spacial score (nSPS) is 16.0. The summed E-state index contributed by atoms with van der Waals surface area (Å²) >= 11 is 3.02. The lowest BCUT2D eigenvalue weighted by atomic mass is 10.2. The van der Waals surface area contributed by atoms with Crippen LogP contribution in [-0.2, 0) is 9.53 Å². The Labute approximate surface area is 184 Å². The second kappa shape index (κ2) is 9.68. The molecule has 6 nitrogen and oxygen atoms in total. The Bertz CT molecular complexity index is 1000. The van der Waals surface area contributed by atoms with Crippen LogP contribution in [0.2, 0.25) is 0 Å². The van der Waals surface area contributed by atoms with Crippen molar-refractivity contribution in [2.75, 3.05) is 38.0 Å². The second-order valence-electron chi connectivity index (χ2n) is 6.93. The van der Waals surface area contributed by atoms with Crippen LogP contribution in [0, 0.1) is 0 Å². The predicted octanol–water partition coefficient (Wildman–Crippen LogP) is 4.62. The van der Waals surface area contributed by atoms with E-state index in [1.807, 2.05) is 42.5 Å². The highest BCUT2D eigenvalue weighted by Gasteiger charge is 2.26. The van der Waals surface area contributed by atoms with Gasteiger partial charge in [0.05, 0.1) is 42.8 Å². The molecule has 0 saturated carbocycles. The first-order valence-corrected chi connectivity index (χ1v) is 11.6. The molecule has 1 atom stereocenters. The Kier molecular flexibility index (Phi) is 6.76. The van der Waals surface area contributed by atoms with E-state index in [4.69, 9.17) is 19.2 Å². The van der Waals surface area contributed by atoms with Crippen molar-refractivity contribution in [2.45, 2.75) is 23.8 Å². The van der Waals surface area contributed by atoms with Crippen molar-refractivity contribution < 1.29 is 19.0 Å². The van der Waals surface area contributed by atoms with Gasteiger partial charge in [-0.2, -0.15) is 0 Å². The standard InChI is InChI=1S/C22H24N2O4S2/c1-26-15-5-8-18(9-6-15)29-14-21(25)24(13-17-4-3-11-28-17)22-23-19-10-7-16(27-2)12-20(19)30-22/h5-10,12,17H,3-4,11,13-14H2,1-2H3. The summed E-state index contributed by atoms with van der Waals surface area (Å²) in [6, 6.07) is 13.5. The molecule has 0 N–H and O–H groups in total. The number of amides is 1. The Balaban J connectivity index is 1.53. The Morgan fingerprint density at radius 1 is 1.20 bits per heavy atom. The molecule has 1 saturated heterocycles. The first-order chi connectivity index (χ1) is 14.7. The summed E-state index contributed by atoms with van der Waals surface area (Å²) in [5, 5.41) is 0.703. The largest absolute Gasteiger partial charge is 0.497 e. The summed E-state index contributed by atoms with van der Waals surface area (Å²) in [4.78, 5) is 20.7. The number of ether oxygens (including phenoxy) is 3. The molecule has 1 amide bonds. The lowest BCUT2D eigenvalue weighted by molar-refractivity contribution is -0.116. The van der Waals surface area contributed by atoms with Crippen molar-refractivity contribution in [3.63, 3.8) is 0 Å². The van der Waals surface area contributed by atoms with Crippen LogP contribution in [-0.4, -0.2) is 50.1 Å². The van der Waals surface area contributed by atoms with Crippen LogP contribution >= 0.6 is 23.1 Å². The molecule has 8 heteroatoms. The van der Waals surface area contributed by atoms with Crippen LogP contribution in [0.4, 0.5) is 5.13 Å². The maximum absolute atomic E-state index is 13.2. The molecular formula is C22H24N2O4S2. The summed E-state index contributed by atoms with van der Waals surface area (Å²) < 4.78 is 17.3. The first kappa shape index (κ1) is 21.0. The van der Waals surface area contributed by atoms with Gasteiger partial charge in [0.1, 0.15) is 11.5 Å². The van der Waals surface area contributed by atoms with Gasteiger partial charge in [-0.3, -0.25) is 9.69 Å². The Morgan fingerprint density at radius 3 is 2.67 bits per heavy atom. The Morgan fingerprint density at radius 2 is 1.97 bits per heavy atom. The number of thiazole rings is 1. The van der Waals surface area contributed by atoms with Gasteiger partial charge >= 0.3 is 0 Å². The maximum atomic E-state index is 13.2. The third kappa shape index (κ3) is 4.88. The fourth-order valence-corrected chi connectivity index (χ4v) is 5.10. The summed E-state index contributed by atoms with van der Waals surface area (Å²) in [7, 11) is 3.29. The molecular weight excluding hydrogens is 420 g/mol. The molecule has 3 aromatic rings. The molecule has 1 unspecified atom stereocenters. The smallest absolute Gasteiger partial charge is 0.239 e. The molecule has 1 aliphatic heterocycles. The third-order valence-corrected chi connectivity index (χ3v) is 6.99. The van der Waals surface area contributed by atoms with Crippen molar-refractivity contribution >= 4 is 44.4 Å². The number of carbonyl (C=O) groups is 1. The Hall–Kier alpha value is -2.29. The number of nitrogens with zero attached hydrogens (tertiary/aromatic N) is 2. The molecule has 0 bridgehead atoms. The van der Waals surface area contributed by atoms with Crippen molar-refractivity contribution in [3.05, 3.63) is 42.5 Å². The zero-order chi connectivity index (χ0) is 20.9. The molecule has 158 valence electrons. The summed E-state index contributed by atoms with van der Waals surface area (Å²) in [5.41, 5.74) is 0.865. The van der Waals surface area contributed by atoms with Gasteiger partial charge in [-0.05, 0) is 55.3 Å². The maximum Gasteiger partial charge on any atom is 0.239 e. The van der Waals surface area contributed by atoms with Gasteiger partial charge in [-0.15, -0.1) is 11.8 Å². The van der Waals surface area contributed by atoms with E-state index in [0.29, 0.717) is 17.4 Å². The molecule has 0 aliphatic carbocycles. The summed E-state index contributed by atoms with van der Waals surface area (Å²) in [6.45, 7) is 1.28. The van der Waals surface area contributed by atoms with Gasteiger partial charge in [-0.25, -0.2) is 4.98 Å². The van der Waals surface area contributed by atoms with Gasteiger partial charge in [0.25, 0.3) is 0 Å². The van der Waals surface area contributed by atoms with Gasteiger partial charge in [0, 0.05) is 11.5 Å². The number of carbonyl (C=O) groups excluding carboxylic acids is 1. The van der Waals surface area contributed by atoms with Crippen LogP contribution in [0.25, 0.3) is 10.2 Å². The predicted molar refractivity (Wildman–Crippen MR) is 121 cm³/mol. The van der Waals surface area contributed by atoms with Crippen molar-refractivity contribution in [3.8, 4) is 11.5 Å². The molecule has 0 radical (unpaired) electrons. The topological polar surface area (TPSA) is 60.9 Å². The van der Waals surface area contributed by atoms with Gasteiger partial charge in [-0.1, -0.05) is 11.3 Å². The third-order valence-electron chi connectivity index (χ3n) is 4.95. The molecule has 0 spiro atoms. The van der Waals surface area contributed by atoms with Crippen molar-refractivity contribution in [1.82, 2.24) is 4.98 Å². The van der Waals surface area contributed by atoms with Crippen LogP contribution in [0.1, 0.15) is 12.8 Å². The fraction of sp³-hybridized carbons (Fsp3) is 0.364. The average molecular weight is 445 g/mol. The number of hydrogen-bond donors (Lipinski definition) is 0. The van der Waals surface area contributed by atoms with E-state index in [0.717, 1.165) is 46.1 Å².